The molecule has 2 N–H and O–H groups in total. The normalized spacial score (nSPS) is 27.6. The monoisotopic (exact) mass is 297 g/mol. The molecule has 0 saturated heterocycles. The minimum Gasteiger partial charge on any atom is -0.325 e. The standard InChI is InChI=1S/C17H25ClFN/c1-16(2,3)13-6-8-17(20,9-7-13)11-12-10-14(18)4-5-15(12)19/h4-5,10,13H,6-9,11,20H2,1-3H3. The summed E-state index contributed by atoms with van der Waals surface area (Å²) in [7, 11) is 0. The van der Waals surface area contributed by atoms with E-state index in [-0.39, 0.29) is 11.4 Å². The smallest absolute Gasteiger partial charge is 0.126 e. The van der Waals surface area contributed by atoms with E-state index in [4.69, 9.17) is 17.3 Å². The number of nitrogens with two attached hydrogens (primary N) is 1. The second-order valence-corrected chi connectivity index (χ2v) is 7.85. The highest BCUT2D eigenvalue weighted by atomic mass is 35.5. The van der Waals surface area contributed by atoms with Gasteiger partial charge < -0.3 is 5.73 Å². The van der Waals surface area contributed by atoms with Crippen molar-refractivity contribution in [2.45, 2.75) is 58.4 Å². The van der Waals surface area contributed by atoms with Crippen molar-refractivity contribution < 1.29 is 4.39 Å². The Labute approximate surface area is 126 Å². The molecule has 0 spiro atoms. The predicted octanol–water partition coefficient (Wildman–Crippen LogP) is 4.96. The quantitative estimate of drug-likeness (QED) is 0.820. The summed E-state index contributed by atoms with van der Waals surface area (Å²) in [5, 5.41) is 0.577. The van der Waals surface area contributed by atoms with E-state index in [1.807, 2.05) is 0 Å². The van der Waals surface area contributed by atoms with Crippen LogP contribution in [0, 0.1) is 17.2 Å². The van der Waals surface area contributed by atoms with Crippen molar-refractivity contribution in [3.8, 4) is 0 Å². The predicted molar refractivity (Wildman–Crippen MR) is 83.4 cm³/mol. The third-order valence-electron chi connectivity index (χ3n) is 4.76. The highest BCUT2D eigenvalue weighted by molar-refractivity contribution is 6.30. The van der Waals surface area contributed by atoms with Gasteiger partial charge in [-0.3, -0.25) is 0 Å². The van der Waals surface area contributed by atoms with E-state index in [2.05, 4.69) is 20.8 Å². The zero-order valence-electron chi connectivity index (χ0n) is 12.7. The molecule has 0 unspecified atom stereocenters. The topological polar surface area (TPSA) is 26.0 Å². The van der Waals surface area contributed by atoms with E-state index in [0.29, 0.717) is 28.3 Å². The van der Waals surface area contributed by atoms with Crippen LogP contribution in [0.5, 0.6) is 0 Å². The lowest BCUT2D eigenvalue weighted by molar-refractivity contribution is 0.133. The molecule has 1 nitrogen and oxygen atoms in total. The highest BCUT2D eigenvalue weighted by Gasteiger charge is 2.36. The Bertz CT molecular complexity index is 470. The van der Waals surface area contributed by atoms with Crippen LogP contribution in [0.15, 0.2) is 18.2 Å². The zero-order chi connectivity index (χ0) is 15.0. The molecule has 2 rings (SSSR count). The highest BCUT2D eigenvalue weighted by Crippen LogP contribution is 2.41. The van der Waals surface area contributed by atoms with Crippen LogP contribution in [0.1, 0.15) is 52.0 Å². The third-order valence-corrected chi connectivity index (χ3v) is 4.99. The Morgan fingerprint density at radius 3 is 2.45 bits per heavy atom. The molecule has 20 heavy (non-hydrogen) atoms. The maximum atomic E-state index is 13.8. The molecule has 0 heterocycles. The van der Waals surface area contributed by atoms with Crippen molar-refractivity contribution in [3.63, 3.8) is 0 Å². The van der Waals surface area contributed by atoms with Crippen LogP contribution in [-0.2, 0) is 6.42 Å². The Balaban J connectivity index is 2.05. The van der Waals surface area contributed by atoms with Crippen LogP contribution in [0.25, 0.3) is 0 Å². The molecule has 0 atom stereocenters. The van der Waals surface area contributed by atoms with Crippen LogP contribution in [0.4, 0.5) is 4.39 Å². The Morgan fingerprint density at radius 2 is 1.90 bits per heavy atom. The third kappa shape index (κ3) is 3.73. The molecule has 0 bridgehead atoms. The average Bonchev–Trinajstić information content (AvgIpc) is 2.33. The summed E-state index contributed by atoms with van der Waals surface area (Å²) in [4.78, 5) is 0. The van der Waals surface area contributed by atoms with Gasteiger partial charge in [-0.25, -0.2) is 4.39 Å². The fourth-order valence-electron chi connectivity index (χ4n) is 3.29. The van der Waals surface area contributed by atoms with Gasteiger partial charge in [0.05, 0.1) is 0 Å². The van der Waals surface area contributed by atoms with Gasteiger partial charge in [-0.1, -0.05) is 32.4 Å². The van der Waals surface area contributed by atoms with Crippen molar-refractivity contribution in [1.29, 1.82) is 0 Å². The number of halogens is 2. The Kier molecular flexibility index (Phi) is 4.46. The van der Waals surface area contributed by atoms with E-state index in [1.54, 1.807) is 12.1 Å². The van der Waals surface area contributed by atoms with Crippen molar-refractivity contribution in [2.24, 2.45) is 17.1 Å². The van der Waals surface area contributed by atoms with Gasteiger partial charge in [-0.05, 0) is 67.2 Å². The lowest BCUT2D eigenvalue weighted by atomic mass is 9.66. The molecule has 1 aliphatic rings. The Hall–Kier alpha value is -0.600. The van der Waals surface area contributed by atoms with Gasteiger partial charge in [0.15, 0.2) is 0 Å². The van der Waals surface area contributed by atoms with Gasteiger partial charge in [0.1, 0.15) is 5.82 Å². The van der Waals surface area contributed by atoms with Gasteiger partial charge in [-0.15, -0.1) is 0 Å². The number of rotatable bonds is 2. The van der Waals surface area contributed by atoms with E-state index in [1.165, 1.54) is 6.07 Å². The van der Waals surface area contributed by atoms with E-state index < -0.39 is 0 Å². The number of hydrogen-bond donors (Lipinski definition) is 1. The average molecular weight is 298 g/mol. The summed E-state index contributed by atoms with van der Waals surface area (Å²) in [6.45, 7) is 6.87. The van der Waals surface area contributed by atoms with Crippen LogP contribution < -0.4 is 5.73 Å². The summed E-state index contributed by atoms with van der Waals surface area (Å²) in [6, 6.07) is 4.73. The fraction of sp³-hybridized carbons (Fsp3) is 0.647. The Morgan fingerprint density at radius 1 is 1.30 bits per heavy atom. The van der Waals surface area contributed by atoms with E-state index in [0.717, 1.165) is 25.7 Å². The van der Waals surface area contributed by atoms with E-state index >= 15 is 0 Å². The minimum absolute atomic E-state index is 0.197. The first kappa shape index (κ1) is 15.8. The zero-order valence-corrected chi connectivity index (χ0v) is 13.4. The van der Waals surface area contributed by atoms with Crippen LogP contribution in [0.3, 0.4) is 0 Å². The molecular formula is C17H25ClFN. The number of hydrogen-bond acceptors (Lipinski definition) is 1. The minimum atomic E-state index is -0.284. The first-order valence-electron chi connectivity index (χ1n) is 7.42. The first-order valence-corrected chi connectivity index (χ1v) is 7.80. The van der Waals surface area contributed by atoms with Crippen molar-refractivity contribution in [2.75, 3.05) is 0 Å². The van der Waals surface area contributed by atoms with Gasteiger partial charge in [0.2, 0.25) is 0 Å². The van der Waals surface area contributed by atoms with Crippen LogP contribution >= 0.6 is 11.6 Å². The molecule has 0 aromatic heterocycles. The van der Waals surface area contributed by atoms with Gasteiger partial charge in [0.25, 0.3) is 0 Å². The van der Waals surface area contributed by atoms with Crippen molar-refractivity contribution in [3.05, 3.63) is 34.6 Å². The maximum Gasteiger partial charge on any atom is 0.126 e. The molecule has 0 radical (unpaired) electrons. The molecule has 112 valence electrons. The van der Waals surface area contributed by atoms with Crippen LogP contribution in [-0.4, -0.2) is 5.54 Å². The molecule has 1 aliphatic carbocycles. The molecule has 1 aromatic carbocycles. The molecule has 1 aromatic rings. The molecule has 1 fully saturated rings. The maximum absolute atomic E-state index is 13.8. The van der Waals surface area contributed by atoms with Gasteiger partial charge in [0, 0.05) is 10.6 Å². The van der Waals surface area contributed by atoms with E-state index in [9.17, 15) is 4.39 Å². The van der Waals surface area contributed by atoms with Crippen molar-refractivity contribution in [1.82, 2.24) is 0 Å². The summed E-state index contributed by atoms with van der Waals surface area (Å²) in [5.74, 6) is 0.514. The lowest BCUT2D eigenvalue weighted by Gasteiger charge is -2.42. The lowest BCUT2D eigenvalue weighted by Crippen LogP contribution is -2.46. The van der Waals surface area contributed by atoms with Gasteiger partial charge >= 0.3 is 0 Å². The summed E-state index contributed by atoms with van der Waals surface area (Å²) in [6.07, 6.45) is 4.75. The van der Waals surface area contributed by atoms with Gasteiger partial charge in [-0.2, -0.15) is 0 Å². The SMILES string of the molecule is CC(C)(C)C1CCC(N)(Cc2cc(Cl)ccc2F)CC1. The molecule has 1 saturated carbocycles. The number of benzene rings is 1. The largest absolute Gasteiger partial charge is 0.325 e. The van der Waals surface area contributed by atoms with Crippen LogP contribution in [0.2, 0.25) is 5.02 Å². The second-order valence-electron chi connectivity index (χ2n) is 7.42. The summed E-state index contributed by atoms with van der Waals surface area (Å²) < 4.78 is 13.8. The first-order chi connectivity index (χ1) is 9.20. The van der Waals surface area contributed by atoms with Crippen molar-refractivity contribution >= 4 is 11.6 Å². The molecule has 0 amide bonds. The second kappa shape index (κ2) is 5.65. The molecular weight excluding hydrogens is 273 g/mol. The summed E-state index contributed by atoms with van der Waals surface area (Å²) in [5.41, 5.74) is 7.20. The summed E-state index contributed by atoms with van der Waals surface area (Å²) >= 11 is 5.96. The molecule has 3 heteroatoms. The fourth-order valence-corrected chi connectivity index (χ4v) is 3.49. The molecule has 0 aliphatic heterocycles.